The zero-order chi connectivity index (χ0) is 13.7. The molecule has 1 aromatic carbocycles. The van der Waals surface area contributed by atoms with Gasteiger partial charge in [0.25, 0.3) is 0 Å². The summed E-state index contributed by atoms with van der Waals surface area (Å²) >= 11 is 0. The molecule has 1 unspecified atom stereocenters. The molecule has 0 radical (unpaired) electrons. The van der Waals surface area contributed by atoms with E-state index in [4.69, 9.17) is 10.00 Å². The monoisotopic (exact) mass is 245 g/mol. The fraction of sp³-hybridized carbons (Fsp3) is 0.467. The molecule has 0 bridgehead atoms. The molecule has 0 spiro atoms. The molecule has 0 amide bonds. The Hall–Kier alpha value is -1.82. The molecule has 0 N–H and O–H groups in total. The first-order valence-corrected chi connectivity index (χ1v) is 6.16. The summed E-state index contributed by atoms with van der Waals surface area (Å²) in [6.45, 7) is 7.77. The second-order valence-electron chi connectivity index (χ2n) is 4.62. The van der Waals surface area contributed by atoms with E-state index in [2.05, 4.69) is 6.07 Å². The topological polar surface area (TPSA) is 50.1 Å². The van der Waals surface area contributed by atoms with Crippen molar-refractivity contribution in [3.8, 4) is 11.8 Å². The molecule has 0 aromatic heterocycles. The molecule has 0 aliphatic rings. The third kappa shape index (κ3) is 3.33. The Morgan fingerprint density at radius 3 is 2.39 bits per heavy atom. The van der Waals surface area contributed by atoms with Crippen LogP contribution in [0.5, 0.6) is 5.75 Å². The van der Waals surface area contributed by atoms with Gasteiger partial charge in [-0.2, -0.15) is 5.26 Å². The Morgan fingerprint density at radius 1 is 1.39 bits per heavy atom. The summed E-state index contributed by atoms with van der Waals surface area (Å²) in [6, 6.07) is 5.65. The summed E-state index contributed by atoms with van der Waals surface area (Å²) < 4.78 is 5.59. The van der Waals surface area contributed by atoms with Crippen molar-refractivity contribution < 1.29 is 9.53 Å². The van der Waals surface area contributed by atoms with Crippen LogP contribution in [0.25, 0.3) is 0 Å². The van der Waals surface area contributed by atoms with Gasteiger partial charge >= 0.3 is 0 Å². The zero-order valence-corrected chi connectivity index (χ0v) is 11.4. The van der Waals surface area contributed by atoms with Crippen LogP contribution in [0.2, 0.25) is 0 Å². The van der Waals surface area contributed by atoms with Crippen LogP contribution in [-0.2, 0) is 4.79 Å². The van der Waals surface area contributed by atoms with E-state index in [1.165, 1.54) is 0 Å². The molecule has 0 heterocycles. The molecule has 96 valence electrons. The summed E-state index contributed by atoms with van der Waals surface area (Å²) in [5.74, 6) is 0.857. The van der Waals surface area contributed by atoms with Gasteiger partial charge in [0.05, 0.1) is 11.6 Å². The fourth-order valence-electron chi connectivity index (χ4n) is 1.76. The van der Waals surface area contributed by atoms with Gasteiger partial charge in [-0.25, -0.2) is 0 Å². The van der Waals surface area contributed by atoms with Gasteiger partial charge in [-0.1, -0.05) is 13.8 Å². The van der Waals surface area contributed by atoms with E-state index < -0.39 is 0 Å². The van der Waals surface area contributed by atoms with E-state index in [0.29, 0.717) is 11.3 Å². The van der Waals surface area contributed by atoms with Gasteiger partial charge in [0.2, 0.25) is 0 Å². The third-order valence-electron chi connectivity index (χ3n) is 3.11. The summed E-state index contributed by atoms with van der Waals surface area (Å²) in [7, 11) is 0. The van der Waals surface area contributed by atoms with Gasteiger partial charge in [-0.05, 0) is 43.5 Å². The normalized spacial score (nSPS) is 11.7. The number of hydrogen-bond donors (Lipinski definition) is 0. The lowest BCUT2D eigenvalue weighted by atomic mass is 10.0. The van der Waals surface area contributed by atoms with E-state index in [0.717, 1.165) is 17.5 Å². The quantitative estimate of drug-likeness (QED) is 0.800. The number of benzene rings is 1. The number of Topliss-reactive ketones (excluding diaryl/α,β-unsaturated/α-hetero) is 1. The van der Waals surface area contributed by atoms with Crippen molar-refractivity contribution in [2.45, 2.75) is 34.1 Å². The lowest BCUT2D eigenvalue weighted by Gasteiger charge is -2.13. The van der Waals surface area contributed by atoms with E-state index in [-0.39, 0.29) is 18.3 Å². The lowest BCUT2D eigenvalue weighted by Crippen LogP contribution is -2.19. The molecule has 1 aromatic rings. The minimum Gasteiger partial charge on any atom is -0.485 e. The Kier molecular flexibility index (Phi) is 4.91. The van der Waals surface area contributed by atoms with Crippen LogP contribution in [0.4, 0.5) is 0 Å². The molecule has 0 fully saturated rings. The van der Waals surface area contributed by atoms with Gasteiger partial charge < -0.3 is 4.74 Å². The summed E-state index contributed by atoms with van der Waals surface area (Å²) in [5.41, 5.74) is 2.40. The Balaban J connectivity index is 2.81. The molecule has 0 saturated carbocycles. The Morgan fingerprint density at radius 2 is 1.94 bits per heavy atom. The minimum absolute atomic E-state index is 0.0315. The molecule has 0 saturated heterocycles. The standard InChI is InChI=1S/C15H19NO2/c1-5-10(2)14(17)9-18-15-11(3)6-13(8-16)7-12(15)4/h6-7,10H,5,9H2,1-4H3. The number of ketones is 1. The first-order valence-electron chi connectivity index (χ1n) is 6.16. The molecular formula is C15H19NO2. The number of carbonyl (C=O) groups excluding carboxylic acids is 1. The van der Waals surface area contributed by atoms with Gasteiger partial charge in [-0.15, -0.1) is 0 Å². The van der Waals surface area contributed by atoms with Crippen LogP contribution >= 0.6 is 0 Å². The highest BCUT2D eigenvalue weighted by Gasteiger charge is 2.13. The Labute approximate surface area is 108 Å². The number of aryl methyl sites for hydroxylation is 2. The average molecular weight is 245 g/mol. The number of nitrogens with zero attached hydrogens (tertiary/aromatic N) is 1. The van der Waals surface area contributed by atoms with E-state index in [1.807, 2.05) is 27.7 Å². The smallest absolute Gasteiger partial charge is 0.172 e. The summed E-state index contributed by atoms with van der Waals surface area (Å²) in [5, 5.41) is 8.86. The second kappa shape index (κ2) is 6.20. The number of nitriles is 1. The molecular weight excluding hydrogens is 226 g/mol. The molecule has 0 aliphatic carbocycles. The lowest BCUT2D eigenvalue weighted by molar-refractivity contribution is -0.124. The van der Waals surface area contributed by atoms with Crippen molar-refractivity contribution in [2.75, 3.05) is 6.61 Å². The van der Waals surface area contributed by atoms with Gasteiger partial charge in [-0.3, -0.25) is 4.79 Å². The predicted molar refractivity (Wildman–Crippen MR) is 70.6 cm³/mol. The molecule has 1 atom stereocenters. The molecule has 3 nitrogen and oxygen atoms in total. The maximum atomic E-state index is 11.7. The van der Waals surface area contributed by atoms with Crippen LogP contribution in [0, 0.1) is 31.1 Å². The first kappa shape index (κ1) is 14.2. The van der Waals surface area contributed by atoms with Crippen LogP contribution in [0.15, 0.2) is 12.1 Å². The average Bonchev–Trinajstić information content (AvgIpc) is 2.36. The van der Waals surface area contributed by atoms with Crippen LogP contribution in [0.1, 0.15) is 37.0 Å². The van der Waals surface area contributed by atoms with Crippen LogP contribution < -0.4 is 4.74 Å². The highest BCUT2D eigenvalue weighted by molar-refractivity contribution is 5.82. The van der Waals surface area contributed by atoms with Crippen molar-refractivity contribution in [3.05, 3.63) is 28.8 Å². The maximum absolute atomic E-state index is 11.7. The van der Waals surface area contributed by atoms with Crippen molar-refractivity contribution in [1.82, 2.24) is 0 Å². The zero-order valence-electron chi connectivity index (χ0n) is 11.4. The number of ether oxygens (including phenoxy) is 1. The minimum atomic E-state index is 0.0315. The predicted octanol–water partition coefficient (Wildman–Crippen LogP) is 3.17. The number of carbonyl (C=O) groups is 1. The maximum Gasteiger partial charge on any atom is 0.172 e. The highest BCUT2D eigenvalue weighted by Crippen LogP contribution is 2.24. The van der Waals surface area contributed by atoms with Gasteiger partial charge in [0, 0.05) is 5.92 Å². The highest BCUT2D eigenvalue weighted by atomic mass is 16.5. The van der Waals surface area contributed by atoms with Crippen LogP contribution in [-0.4, -0.2) is 12.4 Å². The van der Waals surface area contributed by atoms with E-state index in [9.17, 15) is 4.79 Å². The van der Waals surface area contributed by atoms with Gasteiger partial charge in [0.15, 0.2) is 5.78 Å². The fourth-order valence-corrected chi connectivity index (χ4v) is 1.76. The second-order valence-corrected chi connectivity index (χ2v) is 4.62. The van der Waals surface area contributed by atoms with Gasteiger partial charge in [0.1, 0.15) is 12.4 Å². The third-order valence-corrected chi connectivity index (χ3v) is 3.11. The van der Waals surface area contributed by atoms with Crippen LogP contribution in [0.3, 0.4) is 0 Å². The van der Waals surface area contributed by atoms with E-state index in [1.54, 1.807) is 12.1 Å². The van der Waals surface area contributed by atoms with Crippen molar-refractivity contribution in [2.24, 2.45) is 5.92 Å². The molecule has 3 heteroatoms. The molecule has 18 heavy (non-hydrogen) atoms. The molecule has 0 aliphatic heterocycles. The molecule has 1 rings (SSSR count). The SMILES string of the molecule is CCC(C)C(=O)COc1c(C)cc(C#N)cc1C. The largest absolute Gasteiger partial charge is 0.485 e. The summed E-state index contributed by atoms with van der Waals surface area (Å²) in [4.78, 5) is 11.7. The Bertz CT molecular complexity index is 463. The van der Waals surface area contributed by atoms with E-state index >= 15 is 0 Å². The van der Waals surface area contributed by atoms with Crippen molar-refractivity contribution in [3.63, 3.8) is 0 Å². The number of rotatable bonds is 5. The number of hydrogen-bond acceptors (Lipinski definition) is 3. The van der Waals surface area contributed by atoms with Crippen molar-refractivity contribution >= 4 is 5.78 Å². The first-order chi connectivity index (χ1) is 8.49. The van der Waals surface area contributed by atoms with Crippen molar-refractivity contribution in [1.29, 1.82) is 5.26 Å². The summed E-state index contributed by atoms with van der Waals surface area (Å²) in [6.07, 6.45) is 0.827.